The minimum atomic E-state index is -1.13. The van der Waals surface area contributed by atoms with E-state index in [-0.39, 0.29) is 28.0 Å². The van der Waals surface area contributed by atoms with E-state index >= 15 is 0 Å². The molecule has 5 aromatic rings. The summed E-state index contributed by atoms with van der Waals surface area (Å²) < 4.78 is 0. The number of hydrogen-bond acceptors (Lipinski definition) is 7. The number of carboxylic acids is 1. The number of nitrogens with zero attached hydrogens (tertiary/aromatic N) is 1. The molecule has 4 aliphatic rings. The fraction of sp³-hybridized carbons (Fsp3) is 0.286. The van der Waals surface area contributed by atoms with Crippen LogP contribution >= 0.6 is 11.3 Å². The van der Waals surface area contributed by atoms with Gasteiger partial charge in [0, 0.05) is 44.2 Å². The van der Waals surface area contributed by atoms with Gasteiger partial charge >= 0.3 is 5.97 Å². The number of hydrogen-bond donors (Lipinski definition) is 3. The maximum Gasteiger partial charge on any atom is 0.335 e. The second kappa shape index (κ2) is 15.2. The Labute approximate surface area is 338 Å². The standard InChI is InChI=1S/C49H47N3O4S/c1-3-5-25-50-49(51-26-6-4-2)41-15-8-7-12-34(41)38-29-32(19-22-42(38)49)52-43-16-10-13-35(43)39-27-30(18-23-44(39)52)45-24-20-33(57-45)11-9-14-37-46(53)36-21-17-31(48(55)56)28-40(36)47(37)54/h7-9,11-12,14-15,17-24,27-29,35,43,50-51H,3-6,10,13,16,25-26H2,1-2H3,(H,55,56)/b11-9+,37-14+. The predicted octanol–water partition coefficient (Wildman–Crippen LogP) is 10.9. The van der Waals surface area contributed by atoms with Crippen molar-refractivity contribution < 1.29 is 19.5 Å². The van der Waals surface area contributed by atoms with Gasteiger partial charge in [-0.1, -0.05) is 75.6 Å². The number of Topliss-reactive ketones (excluding diaryl/α,β-unsaturated/α-hetero) is 2. The summed E-state index contributed by atoms with van der Waals surface area (Å²) in [6.07, 6.45) is 13.3. The number of carbonyl (C=O) groups excluding carboxylic acids is 2. The van der Waals surface area contributed by atoms with Gasteiger partial charge < -0.3 is 10.0 Å². The molecule has 0 saturated heterocycles. The smallest absolute Gasteiger partial charge is 0.335 e. The number of aromatic carboxylic acids is 1. The zero-order valence-electron chi connectivity index (χ0n) is 32.4. The minimum Gasteiger partial charge on any atom is -0.478 e. The van der Waals surface area contributed by atoms with E-state index in [0.717, 1.165) is 48.5 Å². The number of carbonyl (C=O) groups is 3. The van der Waals surface area contributed by atoms with Gasteiger partial charge in [-0.25, -0.2) is 4.79 Å². The largest absolute Gasteiger partial charge is 0.478 e. The SMILES string of the molecule is CCCCNC1(NCCCC)c2ccccc2-c2cc(N3c4ccc(-c5ccc(/C=C/C=C6\C(=O)c7ccc(C(=O)O)cc7C6=O)s5)cc4C4CCCC43)ccc21. The van der Waals surface area contributed by atoms with E-state index in [9.17, 15) is 19.5 Å². The Morgan fingerprint density at radius 3 is 2.39 bits per heavy atom. The predicted molar refractivity (Wildman–Crippen MR) is 230 cm³/mol. The molecule has 2 atom stereocenters. The van der Waals surface area contributed by atoms with Gasteiger partial charge in [-0.05, 0) is 139 Å². The highest BCUT2D eigenvalue weighted by Gasteiger charge is 2.45. The molecule has 0 radical (unpaired) electrons. The Kier molecular flexibility index (Phi) is 9.89. The lowest BCUT2D eigenvalue weighted by molar-refractivity contribution is 0.0696. The molecule has 8 heteroatoms. The van der Waals surface area contributed by atoms with E-state index in [2.05, 4.69) is 102 Å². The third-order valence-electron chi connectivity index (χ3n) is 12.3. The second-order valence-corrected chi connectivity index (χ2v) is 16.8. The molecule has 2 heterocycles. The first-order valence-electron chi connectivity index (χ1n) is 20.5. The Morgan fingerprint density at radius 1 is 0.825 bits per heavy atom. The van der Waals surface area contributed by atoms with Crippen molar-refractivity contribution in [1.29, 1.82) is 0 Å². The van der Waals surface area contributed by atoms with Crippen molar-refractivity contribution in [1.82, 2.24) is 10.6 Å². The van der Waals surface area contributed by atoms with Crippen molar-refractivity contribution in [3.05, 3.63) is 147 Å². The van der Waals surface area contributed by atoms with E-state index in [4.69, 9.17) is 0 Å². The Hall–Kier alpha value is -5.41. The molecular weight excluding hydrogens is 727 g/mol. The number of unbranched alkanes of at least 4 members (excludes halogenated alkanes) is 2. The number of fused-ring (bicyclic) bond motifs is 7. The summed E-state index contributed by atoms with van der Waals surface area (Å²) in [5.74, 6) is -1.47. The van der Waals surface area contributed by atoms with E-state index in [1.807, 2.05) is 6.08 Å². The van der Waals surface area contributed by atoms with Crippen LogP contribution in [0.4, 0.5) is 11.4 Å². The van der Waals surface area contributed by atoms with Gasteiger partial charge in [0.1, 0.15) is 5.66 Å². The highest BCUT2D eigenvalue weighted by molar-refractivity contribution is 7.16. The van der Waals surface area contributed by atoms with Crippen LogP contribution in [0.15, 0.2) is 109 Å². The molecule has 9 rings (SSSR count). The van der Waals surface area contributed by atoms with Crippen LogP contribution in [0.25, 0.3) is 27.6 Å². The monoisotopic (exact) mass is 773 g/mol. The van der Waals surface area contributed by atoms with Crippen LogP contribution in [0.5, 0.6) is 0 Å². The number of ketones is 2. The molecule has 3 N–H and O–H groups in total. The maximum atomic E-state index is 13.0. The molecule has 57 heavy (non-hydrogen) atoms. The van der Waals surface area contributed by atoms with Gasteiger partial charge in [-0.15, -0.1) is 11.3 Å². The minimum absolute atomic E-state index is 0.0115. The second-order valence-electron chi connectivity index (χ2n) is 15.7. The summed E-state index contributed by atoms with van der Waals surface area (Å²) >= 11 is 1.67. The lowest BCUT2D eigenvalue weighted by Crippen LogP contribution is -2.54. The third-order valence-corrected chi connectivity index (χ3v) is 13.4. The Morgan fingerprint density at radius 2 is 1.60 bits per heavy atom. The highest BCUT2D eigenvalue weighted by atomic mass is 32.1. The van der Waals surface area contributed by atoms with Crippen molar-refractivity contribution in [2.24, 2.45) is 0 Å². The molecule has 1 aliphatic heterocycles. The van der Waals surface area contributed by atoms with Gasteiger partial charge in [0.15, 0.2) is 11.6 Å². The van der Waals surface area contributed by atoms with Gasteiger partial charge in [-0.2, -0.15) is 0 Å². The van der Waals surface area contributed by atoms with E-state index in [1.165, 1.54) is 88.3 Å². The third kappa shape index (κ3) is 6.31. The first-order chi connectivity index (χ1) is 27.8. The van der Waals surface area contributed by atoms with Crippen LogP contribution in [0.3, 0.4) is 0 Å². The summed E-state index contributed by atoms with van der Waals surface area (Å²) in [7, 11) is 0. The average molecular weight is 774 g/mol. The van der Waals surface area contributed by atoms with Gasteiger partial charge in [0.05, 0.1) is 11.1 Å². The molecule has 7 nitrogen and oxygen atoms in total. The lowest BCUT2D eigenvalue weighted by atomic mass is 9.95. The van der Waals surface area contributed by atoms with Crippen molar-refractivity contribution >= 4 is 46.3 Å². The van der Waals surface area contributed by atoms with E-state index in [0.29, 0.717) is 12.0 Å². The molecule has 4 aromatic carbocycles. The molecule has 3 aliphatic carbocycles. The van der Waals surface area contributed by atoms with E-state index in [1.54, 1.807) is 17.4 Å². The van der Waals surface area contributed by atoms with Crippen molar-refractivity contribution in [3.8, 4) is 21.6 Å². The molecule has 2 unspecified atom stereocenters. The number of benzene rings is 4. The van der Waals surface area contributed by atoms with Gasteiger partial charge in [-0.3, -0.25) is 20.2 Å². The topological polar surface area (TPSA) is 98.7 Å². The van der Waals surface area contributed by atoms with Gasteiger partial charge in [0.25, 0.3) is 0 Å². The Bertz CT molecular complexity index is 2480. The molecule has 0 spiro atoms. The van der Waals surface area contributed by atoms with Crippen LogP contribution in [0, 0.1) is 0 Å². The fourth-order valence-electron chi connectivity index (χ4n) is 9.56. The summed E-state index contributed by atoms with van der Waals surface area (Å²) in [5, 5.41) is 17.3. The van der Waals surface area contributed by atoms with Crippen LogP contribution in [-0.4, -0.2) is 41.8 Å². The number of allylic oxidation sites excluding steroid dienone is 3. The summed E-state index contributed by atoms with van der Waals surface area (Å²) in [6, 6.07) is 31.8. The number of thiophene rings is 1. The lowest BCUT2D eigenvalue weighted by Gasteiger charge is -2.35. The molecular formula is C49H47N3O4S. The van der Waals surface area contributed by atoms with Crippen molar-refractivity contribution in [2.75, 3.05) is 18.0 Å². The number of carboxylic acid groups (broad SMARTS) is 1. The maximum absolute atomic E-state index is 13.0. The summed E-state index contributed by atoms with van der Waals surface area (Å²) in [4.78, 5) is 42.1. The number of nitrogens with one attached hydrogen (secondary N) is 2. The number of anilines is 2. The van der Waals surface area contributed by atoms with Gasteiger partial charge in [0.2, 0.25) is 0 Å². The first kappa shape index (κ1) is 37.2. The van der Waals surface area contributed by atoms with E-state index < -0.39 is 17.4 Å². The van der Waals surface area contributed by atoms with Crippen LogP contribution in [-0.2, 0) is 5.66 Å². The quantitative estimate of drug-likeness (QED) is 0.0474. The molecule has 1 saturated carbocycles. The normalized spacial score (nSPS) is 19.3. The Balaban J connectivity index is 0.993. The summed E-state index contributed by atoms with van der Waals surface area (Å²) in [5.41, 5.74) is 10.5. The van der Waals surface area contributed by atoms with Crippen LogP contribution in [0.2, 0.25) is 0 Å². The average Bonchev–Trinajstić information content (AvgIpc) is 4.05. The van der Waals surface area contributed by atoms with Crippen molar-refractivity contribution in [2.45, 2.75) is 76.4 Å². The zero-order chi connectivity index (χ0) is 39.3. The molecule has 288 valence electrons. The van der Waals surface area contributed by atoms with Crippen LogP contribution in [0.1, 0.15) is 117 Å². The molecule has 1 aromatic heterocycles. The van der Waals surface area contributed by atoms with Crippen LogP contribution < -0.4 is 15.5 Å². The molecule has 0 amide bonds. The molecule has 1 fully saturated rings. The first-order valence-corrected chi connectivity index (χ1v) is 21.3. The number of rotatable bonds is 13. The fourth-order valence-corrected chi connectivity index (χ4v) is 10.5. The summed E-state index contributed by atoms with van der Waals surface area (Å²) in [6.45, 7) is 6.40. The molecule has 0 bridgehead atoms. The van der Waals surface area contributed by atoms with Crippen molar-refractivity contribution in [3.63, 3.8) is 0 Å². The zero-order valence-corrected chi connectivity index (χ0v) is 33.3. The highest BCUT2D eigenvalue weighted by Crippen LogP contribution is 2.55.